The van der Waals surface area contributed by atoms with Gasteiger partial charge in [0.05, 0.1) is 0 Å². The van der Waals surface area contributed by atoms with Crippen LogP contribution in [0.2, 0.25) is 0 Å². The molecule has 78 valence electrons. The van der Waals surface area contributed by atoms with E-state index in [2.05, 4.69) is 11.8 Å². The number of hydrogen-bond donors (Lipinski definition) is 0. The zero-order valence-electron chi connectivity index (χ0n) is 8.86. The molecule has 2 rings (SSSR count). The average molecular weight is 210 g/mol. The molecular formula is C14H10O2. The van der Waals surface area contributed by atoms with E-state index in [-0.39, 0.29) is 5.97 Å². The normalized spacial score (nSPS) is 16.4. The first-order valence-electron chi connectivity index (χ1n) is 4.93. The summed E-state index contributed by atoms with van der Waals surface area (Å²) in [7, 11) is 0. The van der Waals surface area contributed by atoms with Crippen molar-refractivity contribution in [2.75, 3.05) is 0 Å². The van der Waals surface area contributed by atoms with Crippen molar-refractivity contribution in [3.05, 3.63) is 59.4 Å². The smallest absolute Gasteiger partial charge is 0.336 e. The minimum absolute atomic E-state index is 0.337. The first-order chi connectivity index (χ1) is 7.75. The highest BCUT2D eigenvalue weighted by atomic mass is 16.5. The second kappa shape index (κ2) is 4.50. The van der Waals surface area contributed by atoms with Crippen LogP contribution >= 0.6 is 0 Å². The summed E-state index contributed by atoms with van der Waals surface area (Å²) in [6.45, 7) is 1.83. The molecule has 0 atom stereocenters. The van der Waals surface area contributed by atoms with E-state index in [4.69, 9.17) is 4.74 Å². The maximum absolute atomic E-state index is 10.8. The summed E-state index contributed by atoms with van der Waals surface area (Å²) in [5.74, 6) is 6.16. The van der Waals surface area contributed by atoms with Crippen molar-refractivity contribution in [3.63, 3.8) is 0 Å². The van der Waals surface area contributed by atoms with Crippen LogP contribution in [-0.2, 0) is 9.53 Å². The third-order valence-corrected chi connectivity index (χ3v) is 2.12. The standard InChI is InChI=1S/C14H10O2/c1-11(13-9-10-14(15)16-13)7-8-12-5-3-2-4-6-12/h2-6,9-10H,1H3/b13-11+. The number of carbonyl (C=O) groups excluding carboxylic acids is 1. The summed E-state index contributed by atoms with van der Waals surface area (Å²) in [6, 6.07) is 9.67. The molecule has 1 aromatic rings. The van der Waals surface area contributed by atoms with Crippen LogP contribution in [0, 0.1) is 11.8 Å². The molecule has 0 spiro atoms. The van der Waals surface area contributed by atoms with Gasteiger partial charge in [-0.25, -0.2) is 4.79 Å². The Bertz CT molecular complexity index is 525. The lowest BCUT2D eigenvalue weighted by Gasteiger charge is -1.96. The molecule has 0 N–H and O–H groups in total. The van der Waals surface area contributed by atoms with E-state index in [1.54, 1.807) is 6.08 Å². The summed E-state index contributed by atoms with van der Waals surface area (Å²) in [6.07, 6.45) is 3.03. The lowest BCUT2D eigenvalue weighted by molar-refractivity contribution is -0.132. The fourth-order valence-electron chi connectivity index (χ4n) is 1.27. The molecule has 0 aliphatic carbocycles. The summed E-state index contributed by atoms with van der Waals surface area (Å²) < 4.78 is 4.94. The van der Waals surface area contributed by atoms with Crippen molar-refractivity contribution in [2.45, 2.75) is 6.92 Å². The second-order valence-electron chi connectivity index (χ2n) is 3.36. The Hall–Kier alpha value is -2.27. The Kier molecular flexibility index (Phi) is 2.88. The number of benzene rings is 1. The van der Waals surface area contributed by atoms with E-state index in [0.29, 0.717) is 5.76 Å². The lowest BCUT2D eigenvalue weighted by atomic mass is 10.2. The zero-order valence-corrected chi connectivity index (χ0v) is 8.86. The number of allylic oxidation sites excluding steroid dienone is 2. The Morgan fingerprint density at radius 2 is 1.94 bits per heavy atom. The molecule has 0 amide bonds. The van der Waals surface area contributed by atoms with Gasteiger partial charge in [0.25, 0.3) is 0 Å². The third kappa shape index (κ3) is 2.40. The Morgan fingerprint density at radius 1 is 1.19 bits per heavy atom. The van der Waals surface area contributed by atoms with Crippen molar-refractivity contribution in [3.8, 4) is 11.8 Å². The fraction of sp³-hybridized carbons (Fsp3) is 0.0714. The highest BCUT2D eigenvalue weighted by Crippen LogP contribution is 2.13. The molecule has 0 aromatic heterocycles. The summed E-state index contributed by atoms with van der Waals surface area (Å²) >= 11 is 0. The topological polar surface area (TPSA) is 26.3 Å². The first kappa shape index (κ1) is 10.3. The molecule has 0 saturated carbocycles. The van der Waals surface area contributed by atoms with Crippen LogP contribution in [-0.4, -0.2) is 5.97 Å². The fourth-order valence-corrected chi connectivity index (χ4v) is 1.27. The lowest BCUT2D eigenvalue weighted by Crippen LogP contribution is -1.92. The molecule has 0 bridgehead atoms. The minimum Gasteiger partial charge on any atom is -0.422 e. The minimum atomic E-state index is -0.337. The molecule has 1 aliphatic rings. The average Bonchev–Trinajstić information content (AvgIpc) is 2.74. The van der Waals surface area contributed by atoms with Gasteiger partial charge in [-0.1, -0.05) is 30.0 Å². The van der Waals surface area contributed by atoms with Crippen LogP contribution in [0.25, 0.3) is 0 Å². The molecule has 1 aliphatic heterocycles. The number of rotatable bonds is 0. The van der Waals surface area contributed by atoms with Gasteiger partial charge in [-0.05, 0) is 25.1 Å². The predicted molar refractivity (Wildman–Crippen MR) is 61.3 cm³/mol. The highest BCUT2D eigenvalue weighted by molar-refractivity contribution is 5.86. The first-order valence-corrected chi connectivity index (χ1v) is 4.93. The molecule has 2 nitrogen and oxygen atoms in total. The molecule has 1 aromatic carbocycles. The maximum atomic E-state index is 10.8. The number of cyclic esters (lactones) is 1. The van der Waals surface area contributed by atoms with Gasteiger partial charge in [0.2, 0.25) is 0 Å². The molecule has 16 heavy (non-hydrogen) atoms. The predicted octanol–water partition coefficient (Wildman–Crippen LogP) is 2.43. The summed E-state index contributed by atoms with van der Waals surface area (Å²) in [5.41, 5.74) is 1.70. The van der Waals surface area contributed by atoms with Crippen LogP contribution in [0.3, 0.4) is 0 Å². The Morgan fingerprint density at radius 3 is 2.56 bits per heavy atom. The molecule has 0 saturated heterocycles. The molecule has 0 unspecified atom stereocenters. The van der Waals surface area contributed by atoms with Gasteiger partial charge in [-0.2, -0.15) is 0 Å². The summed E-state index contributed by atoms with van der Waals surface area (Å²) in [5, 5.41) is 0. The third-order valence-electron chi connectivity index (χ3n) is 2.12. The van der Waals surface area contributed by atoms with Crippen molar-refractivity contribution in [1.29, 1.82) is 0 Å². The van der Waals surface area contributed by atoms with Gasteiger partial charge in [0.15, 0.2) is 0 Å². The van der Waals surface area contributed by atoms with E-state index in [9.17, 15) is 4.79 Å². The van der Waals surface area contributed by atoms with Gasteiger partial charge in [-0.3, -0.25) is 0 Å². The SMILES string of the molecule is C/C(C#Cc1ccccc1)=C1/C=CC(=O)O1. The van der Waals surface area contributed by atoms with Crippen molar-refractivity contribution < 1.29 is 9.53 Å². The van der Waals surface area contributed by atoms with Gasteiger partial charge in [0, 0.05) is 17.2 Å². The number of ether oxygens (including phenoxy) is 1. The van der Waals surface area contributed by atoms with Gasteiger partial charge in [-0.15, -0.1) is 0 Å². The maximum Gasteiger partial charge on any atom is 0.336 e. The number of esters is 1. The van der Waals surface area contributed by atoms with Crippen LogP contribution in [0.15, 0.2) is 53.8 Å². The van der Waals surface area contributed by atoms with Crippen molar-refractivity contribution >= 4 is 5.97 Å². The van der Waals surface area contributed by atoms with E-state index in [1.165, 1.54) is 6.08 Å². The van der Waals surface area contributed by atoms with Crippen molar-refractivity contribution in [1.82, 2.24) is 0 Å². The van der Waals surface area contributed by atoms with Crippen LogP contribution in [0.5, 0.6) is 0 Å². The summed E-state index contributed by atoms with van der Waals surface area (Å²) in [4.78, 5) is 10.8. The van der Waals surface area contributed by atoms with E-state index < -0.39 is 0 Å². The van der Waals surface area contributed by atoms with Gasteiger partial charge >= 0.3 is 5.97 Å². The molecule has 0 fully saturated rings. The second-order valence-corrected chi connectivity index (χ2v) is 3.36. The molecule has 0 radical (unpaired) electrons. The zero-order chi connectivity index (χ0) is 11.4. The van der Waals surface area contributed by atoms with Gasteiger partial charge in [0.1, 0.15) is 5.76 Å². The Labute approximate surface area is 94.2 Å². The molecular weight excluding hydrogens is 200 g/mol. The van der Waals surface area contributed by atoms with Crippen LogP contribution in [0.1, 0.15) is 12.5 Å². The van der Waals surface area contributed by atoms with Crippen LogP contribution < -0.4 is 0 Å². The monoisotopic (exact) mass is 210 g/mol. The highest BCUT2D eigenvalue weighted by Gasteiger charge is 2.10. The van der Waals surface area contributed by atoms with Crippen LogP contribution in [0.4, 0.5) is 0 Å². The number of hydrogen-bond acceptors (Lipinski definition) is 2. The largest absolute Gasteiger partial charge is 0.422 e. The van der Waals surface area contributed by atoms with Gasteiger partial charge < -0.3 is 4.74 Å². The van der Waals surface area contributed by atoms with Crippen molar-refractivity contribution in [2.24, 2.45) is 0 Å². The van der Waals surface area contributed by atoms with E-state index in [1.807, 2.05) is 37.3 Å². The number of carbonyl (C=O) groups is 1. The molecule has 1 heterocycles. The molecule has 2 heteroatoms. The quantitative estimate of drug-likeness (QED) is 0.485. The van der Waals surface area contributed by atoms with E-state index >= 15 is 0 Å². The Balaban J connectivity index is 2.20. The van der Waals surface area contributed by atoms with E-state index in [0.717, 1.165) is 11.1 Å².